The lowest BCUT2D eigenvalue weighted by Gasteiger charge is -2.27. The van der Waals surface area contributed by atoms with Crippen LogP contribution in [0.2, 0.25) is 0 Å². The summed E-state index contributed by atoms with van der Waals surface area (Å²) in [4.78, 5) is 11.8. The summed E-state index contributed by atoms with van der Waals surface area (Å²) in [5, 5.41) is 0. The lowest BCUT2D eigenvalue weighted by Crippen LogP contribution is -2.38. The molecule has 0 aromatic heterocycles. The second kappa shape index (κ2) is 6.78. The lowest BCUT2D eigenvalue weighted by atomic mass is 9.93. The summed E-state index contributed by atoms with van der Waals surface area (Å²) < 4.78 is 5.69. The van der Waals surface area contributed by atoms with Gasteiger partial charge in [0.1, 0.15) is 5.60 Å². The number of unbranched alkanes of at least 4 members (excludes halogenated alkanes) is 2. The van der Waals surface area contributed by atoms with Crippen molar-refractivity contribution in [3.8, 4) is 0 Å². The van der Waals surface area contributed by atoms with Crippen LogP contribution in [0.3, 0.4) is 0 Å². The number of ether oxygens (including phenoxy) is 1. The number of carbonyl (C=O) groups is 1. The summed E-state index contributed by atoms with van der Waals surface area (Å²) in [7, 11) is 0. The van der Waals surface area contributed by atoms with E-state index in [1.807, 2.05) is 13.8 Å². The predicted octanol–water partition coefficient (Wildman–Crippen LogP) is 3.51. The largest absolute Gasteiger partial charge is 0.367 e. The Balaban J connectivity index is 4.19. The molecule has 0 bridgehead atoms. The third-order valence-corrected chi connectivity index (χ3v) is 2.71. The zero-order chi connectivity index (χ0) is 11.9. The summed E-state index contributed by atoms with van der Waals surface area (Å²) in [5.74, 6) is 0.0292. The van der Waals surface area contributed by atoms with Crippen LogP contribution in [-0.4, -0.2) is 18.0 Å². The zero-order valence-corrected chi connectivity index (χ0v) is 10.6. The highest BCUT2D eigenvalue weighted by molar-refractivity contribution is 6.00. The first-order valence-electron chi connectivity index (χ1n) is 5.82. The van der Waals surface area contributed by atoms with Gasteiger partial charge in [-0.05, 0) is 32.3 Å². The summed E-state index contributed by atoms with van der Waals surface area (Å²) in [6.07, 6.45) is 4.04. The van der Waals surface area contributed by atoms with Crippen molar-refractivity contribution in [3.63, 3.8) is 0 Å². The van der Waals surface area contributed by atoms with E-state index >= 15 is 0 Å². The lowest BCUT2D eigenvalue weighted by molar-refractivity contribution is -0.139. The first-order chi connectivity index (χ1) is 6.98. The minimum atomic E-state index is -0.667. The number of Topliss-reactive ketones (excluding diaryl/α,β-unsaturated/α-hetero) is 1. The van der Waals surface area contributed by atoms with E-state index in [-0.39, 0.29) is 5.78 Å². The molecule has 0 aliphatic rings. The Bertz CT molecular complexity index is 221. The van der Waals surface area contributed by atoms with Gasteiger partial charge in [-0.25, -0.2) is 0 Å². The number of rotatable bonds is 8. The predicted molar refractivity (Wildman–Crippen MR) is 64.0 cm³/mol. The molecule has 2 heteroatoms. The third-order valence-electron chi connectivity index (χ3n) is 2.71. The third kappa shape index (κ3) is 4.61. The van der Waals surface area contributed by atoms with Crippen LogP contribution in [-0.2, 0) is 9.53 Å². The van der Waals surface area contributed by atoms with E-state index in [9.17, 15) is 4.79 Å². The first kappa shape index (κ1) is 14.4. The highest BCUT2D eigenvalue weighted by Gasteiger charge is 2.31. The quantitative estimate of drug-likeness (QED) is 0.454. The number of hydrogen-bond acceptors (Lipinski definition) is 2. The van der Waals surface area contributed by atoms with Crippen LogP contribution in [0, 0.1) is 0 Å². The number of hydrogen-bond donors (Lipinski definition) is 0. The second-order valence-corrected chi connectivity index (χ2v) is 4.25. The maximum absolute atomic E-state index is 11.8. The van der Waals surface area contributed by atoms with Gasteiger partial charge in [0, 0.05) is 6.61 Å². The Morgan fingerprint density at radius 3 is 2.33 bits per heavy atom. The average Bonchev–Trinajstić information content (AvgIpc) is 2.23. The SMILES string of the molecule is C=C(C)C(=O)C(C)(CC)OCCCCC. The van der Waals surface area contributed by atoms with Gasteiger partial charge < -0.3 is 4.74 Å². The van der Waals surface area contributed by atoms with Crippen LogP contribution in [0.5, 0.6) is 0 Å². The normalized spacial score (nSPS) is 14.7. The highest BCUT2D eigenvalue weighted by atomic mass is 16.5. The van der Waals surface area contributed by atoms with Crippen LogP contribution in [0.25, 0.3) is 0 Å². The van der Waals surface area contributed by atoms with Crippen molar-refractivity contribution in [2.45, 2.75) is 59.0 Å². The minimum Gasteiger partial charge on any atom is -0.367 e. The molecule has 0 rings (SSSR count). The van der Waals surface area contributed by atoms with Gasteiger partial charge in [0.15, 0.2) is 5.78 Å². The fourth-order valence-electron chi connectivity index (χ4n) is 1.43. The maximum Gasteiger partial charge on any atom is 0.189 e. The van der Waals surface area contributed by atoms with Gasteiger partial charge in [-0.15, -0.1) is 0 Å². The molecule has 1 unspecified atom stereocenters. The Hall–Kier alpha value is -0.630. The highest BCUT2D eigenvalue weighted by Crippen LogP contribution is 2.20. The fourth-order valence-corrected chi connectivity index (χ4v) is 1.43. The van der Waals surface area contributed by atoms with Crippen LogP contribution >= 0.6 is 0 Å². The molecule has 0 heterocycles. The van der Waals surface area contributed by atoms with Crippen LogP contribution in [0.15, 0.2) is 12.2 Å². The van der Waals surface area contributed by atoms with Gasteiger partial charge in [0.25, 0.3) is 0 Å². The molecule has 1 atom stereocenters. The molecule has 2 nitrogen and oxygen atoms in total. The van der Waals surface area contributed by atoms with E-state index in [1.54, 1.807) is 6.92 Å². The molecule has 0 fully saturated rings. The van der Waals surface area contributed by atoms with Crippen molar-refractivity contribution in [3.05, 3.63) is 12.2 Å². The summed E-state index contributed by atoms with van der Waals surface area (Å²) in [5.41, 5.74) is -0.0885. The molecule has 0 aromatic rings. The van der Waals surface area contributed by atoms with E-state index < -0.39 is 5.60 Å². The van der Waals surface area contributed by atoms with Crippen LogP contribution in [0.1, 0.15) is 53.4 Å². The molecule has 88 valence electrons. The van der Waals surface area contributed by atoms with Crippen molar-refractivity contribution in [2.24, 2.45) is 0 Å². The molecule has 0 N–H and O–H groups in total. The molecule has 0 radical (unpaired) electrons. The van der Waals surface area contributed by atoms with E-state index in [0.717, 1.165) is 12.8 Å². The molecule has 0 saturated carbocycles. The van der Waals surface area contributed by atoms with Crippen molar-refractivity contribution in [1.29, 1.82) is 0 Å². The maximum atomic E-state index is 11.8. The van der Waals surface area contributed by atoms with E-state index in [4.69, 9.17) is 4.74 Å². The average molecular weight is 212 g/mol. The summed E-state index contributed by atoms with van der Waals surface area (Å²) in [6.45, 7) is 12.1. The monoisotopic (exact) mass is 212 g/mol. The molecular weight excluding hydrogens is 188 g/mol. The van der Waals surface area contributed by atoms with Gasteiger partial charge in [0.2, 0.25) is 0 Å². The molecule has 0 spiro atoms. The van der Waals surface area contributed by atoms with Crippen LogP contribution < -0.4 is 0 Å². The van der Waals surface area contributed by atoms with Crippen molar-refractivity contribution in [2.75, 3.05) is 6.61 Å². The van der Waals surface area contributed by atoms with Gasteiger partial charge in [-0.3, -0.25) is 4.79 Å². The second-order valence-electron chi connectivity index (χ2n) is 4.25. The van der Waals surface area contributed by atoms with Gasteiger partial charge in [-0.1, -0.05) is 33.3 Å². The fraction of sp³-hybridized carbons (Fsp3) is 0.769. The van der Waals surface area contributed by atoms with E-state index in [2.05, 4.69) is 13.5 Å². The smallest absolute Gasteiger partial charge is 0.189 e. The van der Waals surface area contributed by atoms with Gasteiger partial charge in [0.05, 0.1) is 0 Å². The Labute approximate surface area is 93.7 Å². The molecule has 0 aromatic carbocycles. The van der Waals surface area contributed by atoms with Gasteiger partial charge in [-0.2, -0.15) is 0 Å². The standard InChI is InChI=1S/C13H24O2/c1-6-8-9-10-15-13(5,7-2)12(14)11(3)4/h3,6-10H2,1-2,4-5H3. The summed E-state index contributed by atoms with van der Waals surface area (Å²) in [6, 6.07) is 0. The Morgan fingerprint density at radius 2 is 1.93 bits per heavy atom. The van der Waals surface area contributed by atoms with E-state index in [1.165, 1.54) is 6.42 Å². The Morgan fingerprint density at radius 1 is 1.33 bits per heavy atom. The molecule has 0 amide bonds. The zero-order valence-electron chi connectivity index (χ0n) is 10.6. The molecule has 0 aliphatic carbocycles. The van der Waals surface area contributed by atoms with Gasteiger partial charge >= 0.3 is 0 Å². The first-order valence-corrected chi connectivity index (χ1v) is 5.82. The summed E-state index contributed by atoms with van der Waals surface area (Å²) >= 11 is 0. The topological polar surface area (TPSA) is 26.3 Å². The van der Waals surface area contributed by atoms with Crippen molar-refractivity contribution < 1.29 is 9.53 Å². The molecular formula is C13H24O2. The van der Waals surface area contributed by atoms with Crippen molar-refractivity contribution >= 4 is 5.78 Å². The molecule has 0 aliphatic heterocycles. The van der Waals surface area contributed by atoms with Crippen LogP contribution in [0.4, 0.5) is 0 Å². The number of carbonyl (C=O) groups excluding carboxylic acids is 1. The number of ketones is 1. The van der Waals surface area contributed by atoms with E-state index in [0.29, 0.717) is 18.6 Å². The van der Waals surface area contributed by atoms with Crippen molar-refractivity contribution in [1.82, 2.24) is 0 Å². The molecule has 0 saturated heterocycles. The minimum absolute atomic E-state index is 0.0292. The molecule has 15 heavy (non-hydrogen) atoms. The Kier molecular flexibility index (Phi) is 6.50.